The molecule has 0 saturated carbocycles. The molecule has 0 aromatic carbocycles. The molecule has 0 heterocycles. The summed E-state index contributed by atoms with van der Waals surface area (Å²) in [7, 11) is 1.14. The van der Waals surface area contributed by atoms with Crippen molar-refractivity contribution in [3.8, 4) is 0 Å². The molecular weight excluding hydrogens is 277 g/mol. The van der Waals surface area contributed by atoms with Gasteiger partial charge in [0.1, 0.15) is 6.54 Å². The molecule has 0 spiro atoms. The maximum Gasteiger partial charge on any atom is 0.406 e. The Hall–Kier alpha value is -1.31. The number of hydrogen-bond acceptors (Lipinski definition) is 4. The lowest BCUT2D eigenvalue weighted by atomic mass is 10.0. The van der Waals surface area contributed by atoms with E-state index in [4.69, 9.17) is 5.73 Å². The highest BCUT2D eigenvalue weighted by Gasteiger charge is 2.33. The van der Waals surface area contributed by atoms with Crippen molar-refractivity contribution >= 4 is 11.9 Å². The fourth-order valence-electron chi connectivity index (χ4n) is 1.61. The van der Waals surface area contributed by atoms with Gasteiger partial charge in [-0.2, -0.15) is 13.2 Å². The third-order valence-corrected chi connectivity index (χ3v) is 2.91. The van der Waals surface area contributed by atoms with Crippen molar-refractivity contribution in [3.05, 3.63) is 0 Å². The van der Waals surface area contributed by atoms with E-state index in [2.05, 4.69) is 4.74 Å². The topological polar surface area (TPSA) is 72.6 Å². The molecule has 1 amide bonds. The fourth-order valence-corrected chi connectivity index (χ4v) is 1.61. The van der Waals surface area contributed by atoms with E-state index in [0.717, 1.165) is 7.11 Å². The second kappa shape index (κ2) is 8.78. The van der Waals surface area contributed by atoms with Crippen LogP contribution in [0.2, 0.25) is 0 Å². The molecule has 0 bridgehead atoms. The van der Waals surface area contributed by atoms with Crippen molar-refractivity contribution < 1.29 is 27.5 Å². The van der Waals surface area contributed by atoms with Crippen molar-refractivity contribution in [2.75, 3.05) is 26.7 Å². The SMILES string of the molecule is CCC(CN)CC(=O)N(CCC(=O)OC)CC(F)(F)F. The Bertz CT molecular complexity index is 318. The first kappa shape index (κ1) is 18.7. The van der Waals surface area contributed by atoms with Crippen LogP contribution in [-0.2, 0) is 14.3 Å². The van der Waals surface area contributed by atoms with Crippen LogP contribution in [0.1, 0.15) is 26.2 Å². The van der Waals surface area contributed by atoms with Crippen LogP contribution in [-0.4, -0.2) is 49.7 Å². The quantitative estimate of drug-likeness (QED) is 0.686. The number of ether oxygens (including phenoxy) is 1. The second-order valence-corrected chi connectivity index (χ2v) is 4.47. The summed E-state index contributed by atoms with van der Waals surface area (Å²) in [5.41, 5.74) is 5.44. The molecule has 5 nitrogen and oxygen atoms in total. The van der Waals surface area contributed by atoms with Gasteiger partial charge in [-0.05, 0) is 12.5 Å². The number of methoxy groups -OCH3 is 1. The zero-order valence-electron chi connectivity index (χ0n) is 11.7. The van der Waals surface area contributed by atoms with E-state index in [-0.39, 0.29) is 31.8 Å². The fraction of sp³-hybridized carbons (Fsp3) is 0.833. The van der Waals surface area contributed by atoms with E-state index in [1.165, 1.54) is 0 Å². The number of esters is 1. The molecule has 0 rings (SSSR count). The molecule has 0 aromatic rings. The summed E-state index contributed by atoms with van der Waals surface area (Å²) in [4.78, 5) is 23.5. The van der Waals surface area contributed by atoms with Gasteiger partial charge in [-0.1, -0.05) is 13.3 Å². The van der Waals surface area contributed by atoms with E-state index in [1.54, 1.807) is 0 Å². The Morgan fingerprint density at radius 1 is 1.35 bits per heavy atom. The van der Waals surface area contributed by atoms with Gasteiger partial charge >= 0.3 is 12.1 Å². The third kappa shape index (κ3) is 7.98. The van der Waals surface area contributed by atoms with Gasteiger partial charge < -0.3 is 15.4 Å². The molecule has 0 aliphatic heterocycles. The van der Waals surface area contributed by atoms with Gasteiger partial charge in [0.25, 0.3) is 0 Å². The normalized spacial score (nSPS) is 12.9. The number of nitrogens with zero attached hydrogens (tertiary/aromatic N) is 1. The highest BCUT2D eigenvalue weighted by molar-refractivity contribution is 5.77. The molecule has 118 valence electrons. The van der Waals surface area contributed by atoms with Crippen molar-refractivity contribution in [1.82, 2.24) is 4.90 Å². The standard InChI is InChI=1S/C12H21F3N2O3/c1-3-9(7-16)6-10(18)17(8-12(13,14)15)5-4-11(19)20-2/h9H,3-8,16H2,1-2H3. The van der Waals surface area contributed by atoms with Crippen molar-refractivity contribution in [2.45, 2.75) is 32.4 Å². The lowest BCUT2D eigenvalue weighted by Gasteiger charge is -2.25. The minimum atomic E-state index is -4.50. The Kier molecular flexibility index (Phi) is 8.21. The minimum Gasteiger partial charge on any atom is -0.469 e. The molecule has 0 aliphatic rings. The van der Waals surface area contributed by atoms with Crippen LogP contribution in [0.5, 0.6) is 0 Å². The Morgan fingerprint density at radius 2 is 1.95 bits per heavy atom. The van der Waals surface area contributed by atoms with E-state index in [0.29, 0.717) is 11.3 Å². The van der Waals surface area contributed by atoms with Crippen molar-refractivity contribution in [3.63, 3.8) is 0 Å². The summed E-state index contributed by atoms with van der Waals surface area (Å²) in [5.74, 6) is -1.46. The van der Waals surface area contributed by atoms with Crippen molar-refractivity contribution in [1.29, 1.82) is 0 Å². The molecule has 0 radical (unpaired) electrons. The largest absolute Gasteiger partial charge is 0.469 e. The number of amides is 1. The summed E-state index contributed by atoms with van der Waals surface area (Å²) in [5, 5.41) is 0. The van der Waals surface area contributed by atoms with Gasteiger partial charge in [-0.15, -0.1) is 0 Å². The number of alkyl halides is 3. The van der Waals surface area contributed by atoms with Gasteiger partial charge in [0.05, 0.1) is 13.5 Å². The molecule has 20 heavy (non-hydrogen) atoms. The number of carbonyl (C=O) groups excluding carboxylic acids is 2. The molecule has 0 saturated heterocycles. The average molecular weight is 298 g/mol. The summed E-state index contributed by atoms with van der Waals surface area (Å²) >= 11 is 0. The number of carbonyl (C=O) groups is 2. The minimum absolute atomic E-state index is 0.0513. The molecule has 1 atom stereocenters. The van der Waals surface area contributed by atoms with Crippen molar-refractivity contribution in [2.24, 2.45) is 11.7 Å². The van der Waals surface area contributed by atoms with Crippen LogP contribution in [0.15, 0.2) is 0 Å². The third-order valence-electron chi connectivity index (χ3n) is 2.91. The maximum absolute atomic E-state index is 12.4. The Morgan fingerprint density at radius 3 is 2.35 bits per heavy atom. The van der Waals surface area contributed by atoms with Crippen LogP contribution in [0.3, 0.4) is 0 Å². The first-order chi connectivity index (χ1) is 9.23. The predicted octanol–water partition coefficient (Wildman–Crippen LogP) is 1.32. The zero-order chi connectivity index (χ0) is 15.8. The van der Waals surface area contributed by atoms with E-state index >= 15 is 0 Å². The van der Waals surface area contributed by atoms with Crippen LogP contribution in [0, 0.1) is 5.92 Å². The Labute approximate surface area is 116 Å². The summed E-state index contributed by atoms with van der Waals surface area (Å²) in [6.07, 6.45) is -4.21. The van der Waals surface area contributed by atoms with E-state index in [9.17, 15) is 22.8 Å². The zero-order valence-corrected chi connectivity index (χ0v) is 11.7. The second-order valence-electron chi connectivity index (χ2n) is 4.47. The van der Waals surface area contributed by atoms with Gasteiger partial charge in [0.2, 0.25) is 5.91 Å². The molecule has 8 heteroatoms. The van der Waals surface area contributed by atoms with Crippen LogP contribution in [0.4, 0.5) is 13.2 Å². The molecule has 0 aromatic heterocycles. The van der Waals surface area contributed by atoms with Gasteiger partial charge in [-0.25, -0.2) is 0 Å². The molecule has 0 fully saturated rings. The molecule has 0 aliphatic carbocycles. The molecular formula is C12H21F3N2O3. The van der Waals surface area contributed by atoms with Crippen LogP contribution < -0.4 is 5.73 Å². The monoisotopic (exact) mass is 298 g/mol. The van der Waals surface area contributed by atoms with Gasteiger partial charge in [0, 0.05) is 13.0 Å². The number of halogens is 3. The molecule has 2 N–H and O–H groups in total. The van der Waals surface area contributed by atoms with Crippen LogP contribution >= 0.6 is 0 Å². The first-order valence-electron chi connectivity index (χ1n) is 6.34. The first-order valence-corrected chi connectivity index (χ1v) is 6.34. The number of nitrogens with two attached hydrogens (primary N) is 1. The summed E-state index contributed by atoms with van der Waals surface area (Å²) in [6, 6.07) is 0. The maximum atomic E-state index is 12.4. The van der Waals surface area contributed by atoms with Gasteiger partial charge in [-0.3, -0.25) is 9.59 Å². The Balaban J connectivity index is 4.65. The number of hydrogen-bond donors (Lipinski definition) is 1. The van der Waals surface area contributed by atoms with Crippen LogP contribution in [0.25, 0.3) is 0 Å². The number of rotatable bonds is 8. The average Bonchev–Trinajstić information content (AvgIpc) is 2.38. The lowest BCUT2D eigenvalue weighted by Crippen LogP contribution is -2.41. The highest BCUT2D eigenvalue weighted by atomic mass is 19.4. The van der Waals surface area contributed by atoms with E-state index in [1.807, 2.05) is 6.92 Å². The highest BCUT2D eigenvalue weighted by Crippen LogP contribution is 2.18. The van der Waals surface area contributed by atoms with E-state index < -0.39 is 24.6 Å². The lowest BCUT2D eigenvalue weighted by molar-refractivity contribution is -0.163. The predicted molar refractivity (Wildman–Crippen MR) is 66.7 cm³/mol. The smallest absolute Gasteiger partial charge is 0.406 e. The summed E-state index contributed by atoms with van der Waals surface area (Å²) in [6.45, 7) is 0.363. The van der Waals surface area contributed by atoms with Gasteiger partial charge in [0.15, 0.2) is 0 Å². The summed E-state index contributed by atoms with van der Waals surface area (Å²) < 4.78 is 41.7. The molecule has 1 unspecified atom stereocenters.